The summed E-state index contributed by atoms with van der Waals surface area (Å²) in [7, 11) is 2.00. The van der Waals surface area contributed by atoms with Gasteiger partial charge in [0.1, 0.15) is 12.4 Å². The van der Waals surface area contributed by atoms with Gasteiger partial charge in [-0.25, -0.2) is 4.99 Å². The summed E-state index contributed by atoms with van der Waals surface area (Å²) in [5, 5.41) is 12.1. The molecule has 7 heteroatoms. The van der Waals surface area contributed by atoms with Crippen LogP contribution in [-0.4, -0.2) is 57.5 Å². The van der Waals surface area contributed by atoms with E-state index in [0.717, 1.165) is 50.1 Å². The Morgan fingerprint density at radius 2 is 1.92 bits per heavy atom. The van der Waals surface area contributed by atoms with Gasteiger partial charge >= 0.3 is 0 Å². The average Bonchev–Trinajstić information content (AvgIpc) is 3.24. The van der Waals surface area contributed by atoms with Crippen LogP contribution in [0.15, 0.2) is 4.99 Å². The molecule has 3 rings (SSSR count). The van der Waals surface area contributed by atoms with Crippen LogP contribution in [-0.2, 0) is 18.3 Å². The van der Waals surface area contributed by atoms with Crippen LogP contribution < -0.4 is 5.32 Å². The lowest BCUT2D eigenvalue weighted by Gasteiger charge is -2.35. The van der Waals surface area contributed by atoms with E-state index >= 15 is 0 Å². The van der Waals surface area contributed by atoms with Gasteiger partial charge < -0.3 is 19.5 Å². The van der Waals surface area contributed by atoms with Crippen molar-refractivity contribution in [1.29, 1.82) is 0 Å². The van der Waals surface area contributed by atoms with Gasteiger partial charge in [-0.15, -0.1) is 10.2 Å². The quantitative estimate of drug-likeness (QED) is 0.651. The topological polar surface area (TPSA) is 67.6 Å². The zero-order chi connectivity index (χ0) is 17.6. The molecule has 0 radical (unpaired) electrons. The van der Waals surface area contributed by atoms with Gasteiger partial charge in [-0.05, 0) is 39.5 Å². The third-order valence-corrected chi connectivity index (χ3v) is 5.39. The molecule has 0 aromatic carbocycles. The van der Waals surface area contributed by atoms with Gasteiger partial charge in [-0.1, -0.05) is 12.8 Å². The molecule has 140 valence electrons. The second-order valence-electron chi connectivity index (χ2n) is 7.13. The number of nitrogens with zero attached hydrogens (tertiary/aromatic N) is 5. The first kappa shape index (κ1) is 18.2. The third kappa shape index (κ3) is 4.71. The second-order valence-corrected chi connectivity index (χ2v) is 7.13. The van der Waals surface area contributed by atoms with E-state index in [9.17, 15) is 0 Å². The van der Waals surface area contributed by atoms with Crippen molar-refractivity contribution in [2.24, 2.45) is 12.0 Å². The highest BCUT2D eigenvalue weighted by molar-refractivity contribution is 5.80. The Bertz CT molecular complexity index is 570. The molecule has 0 unspecified atom stereocenters. The third-order valence-electron chi connectivity index (χ3n) is 5.39. The van der Waals surface area contributed by atoms with E-state index in [1.54, 1.807) is 0 Å². The molecule has 0 amide bonds. The summed E-state index contributed by atoms with van der Waals surface area (Å²) in [4.78, 5) is 7.28. The molecule has 1 N–H and O–H groups in total. The maximum absolute atomic E-state index is 5.78. The minimum Gasteiger partial charge on any atom is -0.378 e. The SMILES string of the molecule is CCOC1CCN(C(=NCc2nnc(C)n2C)NC2CCCC2)CC1. The summed E-state index contributed by atoms with van der Waals surface area (Å²) in [5.74, 6) is 2.86. The van der Waals surface area contributed by atoms with Crippen molar-refractivity contribution in [3.05, 3.63) is 11.6 Å². The molecule has 1 saturated heterocycles. The maximum Gasteiger partial charge on any atom is 0.194 e. The van der Waals surface area contributed by atoms with Gasteiger partial charge in [0.25, 0.3) is 0 Å². The van der Waals surface area contributed by atoms with E-state index in [2.05, 4.69) is 27.3 Å². The molecule has 0 bridgehead atoms. The fraction of sp³-hybridized carbons (Fsp3) is 0.833. The lowest BCUT2D eigenvalue weighted by molar-refractivity contribution is 0.0262. The summed E-state index contributed by atoms with van der Waals surface area (Å²) in [5.41, 5.74) is 0. The van der Waals surface area contributed by atoms with Crippen molar-refractivity contribution in [2.75, 3.05) is 19.7 Å². The zero-order valence-electron chi connectivity index (χ0n) is 15.9. The molecule has 1 aromatic heterocycles. The van der Waals surface area contributed by atoms with E-state index in [1.807, 2.05) is 18.5 Å². The number of aliphatic imine (C=N–C) groups is 1. The van der Waals surface area contributed by atoms with Crippen molar-refractivity contribution in [3.63, 3.8) is 0 Å². The average molecular weight is 348 g/mol. The largest absolute Gasteiger partial charge is 0.378 e. The number of aryl methyl sites for hydroxylation is 1. The van der Waals surface area contributed by atoms with Crippen molar-refractivity contribution in [1.82, 2.24) is 25.0 Å². The minimum atomic E-state index is 0.398. The molecule has 0 spiro atoms. The Labute approximate surface area is 150 Å². The predicted molar refractivity (Wildman–Crippen MR) is 98.5 cm³/mol. The molecular weight excluding hydrogens is 316 g/mol. The number of hydrogen-bond donors (Lipinski definition) is 1. The van der Waals surface area contributed by atoms with E-state index < -0.39 is 0 Å². The van der Waals surface area contributed by atoms with Crippen LogP contribution >= 0.6 is 0 Å². The molecule has 25 heavy (non-hydrogen) atoms. The maximum atomic E-state index is 5.78. The Kier molecular flexibility index (Phi) is 6.29. The Morgan fingerprint density at radius 3 is 2.52 bits per heavy atom. The van der Waals surface area contributed by atoms with Gasteiger partial charge in [-0.3, -0.25) is 0 Å². The van der Waals surface area contributed by atoms with Crippen molar-refractivity contribution < 1.29 is 4.74 Å². The highest BCUT2D eigenvalue weighted by Gasteiger charge is 2.24. The van der Waals surface area contributed by atoms with Crippen LogP contribution in [0, 0.1) is 6.92 Å². The van der Waals surface area contributed by atoms with Crippen LogP contribution in [0.25, 0.3) is 0 Å². The van der Waals surface area contributed by atoms with E-state index in [1.165, 1.54) is 25.7 Å². The number of likely N-dealkylation sites (tertiary alicyclic amines) is 1. The first-order valence-corrected chi connectivity index (χ1v) is 9.69. The minimum absolute atomic E-state index is 0.398. The van der Waals surface area contributed by atoms with Crippen LogP contribution in [0.2, 0.25) is 0 Å². The van der Waals surface area contributed by atoms with Gasteiger partial charge in [0.2, 0.25) is 0 Å². The molecule has 1 saturated carbocycles. The molecular formula is C18H32N6O. The van der Waals surface area contributed by atoms with Crippen molar-refractivity contribution >= 4 is 5.96 Å². The number of nitrogens with one attached hydrogen (secondary N) is 1. The molecule has 2 heterocycles. The number of ether oxygens (including phenoxy) is 1. The molecule has 7 nitrogen and oxygen atoms in total. The van der Waals surface area contributed by atoms with Gasteiger partial charge in [0, 0.05) is 32.8 Å². The second kappa shape index (κ2) is 8.65. The van der Waals surface area contributed by atoms with Crippen LogP contribution in [0.1, 0.15) is 57.1 Å². The van der Waals surface area contributed by atoms with E-state index in [0.29, 0.717) is 18.7 Å². The molecule has 1 aromatic rings. The lowest BCUT2D eigenvalue weighted by atomic mass is 10.1. The predicted octanol–water partition coefficient (Wildman–Crippen LogP) is 2.01. The van der Waals surface area contributed by atoms with Crippen LogP contribution in [0.3, 0.4) is 0 Å². The zero-order valence-corrected chi connectivity index (χ0v) is 15.9. The molecule has 2 aliphatic rings. The van der Waals surface area contributed by atoms with E-state index in [-0.39, 0.29) is 0 Å². The van der Waals surface area contributed by atoms with Crippen LogP contribution in [0.5, 0.6) is 0 Å². The summed E-state index contributed by atoms with van der Waals surface area (Å²) < 4.78 is 7.80. The number of aromatic nitrogens is 3. The van der Waals surface area contributed by atoms with Gasteiger partial charge in [0.05, 0.1) is 6.10 Å². The monoisotopic (exact) mass is 348 g/mol. The Balaban J connectivity index is 1.66. The van der Waals surface area contributed by atoms with E-state index in [4.69, 9.17) is 9.73 Å². The number of guanidine groups is 1. The fourth-order valence-electron chi connectivity index (χ4n) is 3.69. The van der Waals surface area contributed by atoms with Crippen molar-refractivity contribution in [3.8, 4) is 0 Å². The fourth-order valence-corrected chi connectivity index (χ4v) is 3.69. The summed E-state index contributed by atoms with van der Waals surface area (Å²) >= 11 is 0. The molecule has 1 aliphatic heterocycles. The smallest absolute Gasteiger partial charge is 0.194 e. The normalized spacial score (nSPS) is 20.4. The first-order chi connectivity index (χ1) is 12.2. The van der Waals surface area contributed by atoms with Crippen molar-refractivity contribution in [2.45, 2.75) is 71.1 Å². The van der Waals surface area contributed by atoms with Gasteiger partial charge in [0.15, 0.2) is 11.8 Å². The first-order valence-electron chi connectivity index (χ1n) is 9.69. The summed E-state index contributed by atoms with van der Waals surface area (Å²) in [6.07, 6.45) is 7.68. The number of piperidine rings is 1. The number of hydrogen-bond acceptors (Lipinski definition) is 4. The molecule has 1 aliphatic carbocycles. The summed E-state index contributed by atoms with van der Waals surface area (Å²) in [6, 6.07) is 0.560. The molecule has 2 fully saturated rings. The highest BCUT2D eigenvalue weighted by Crippen LogP contribution is 2.19. The Morgan fingerprint density at radius 1 is 1.20 bits per heavy atom. The standard InChI is InChI=1S/C18H32N6O/c1-4-25-16-9-11-24(12-10-16)18(20-15-7-5-6-8-15)19-13-17-22-21-14(2)23(17)3/h15-16H,4-13H2,1-3H3,(H,19,20). The number of rotatable bonds is 5. The highest BCUT2D eigenvalue weighted by atomic mass is 16.5. The molecule has 0 atom stereocenters. The Hall–Kier alpha value is -1.63. The van der Waals surface area contributed by atoms with Crippen LogP contribution in [0.4, 0.5) is 0 Å². The van der Waals surface area contributed by atoms with Gasteiger partial charge in [-0.2, -0.15) is 0 Å². The lowest BCUT2D eigenvalue weighted by Crippen LogP contribution is -2.49. The summed E-state index contributed by atoms with van der Waals surface area (Å²) in [6.45, 7) is 7.41.